The molecule has 1 aromatic rings. The number of hydrogen-bond donors (Lipinski definition) is 1. The van der Waals surface area contributed by atoms with Crippen LogP contribution in [0, 0.1) is 11.7 Å². The molecule has 0 saturated heterocycles. The molecular weight excluding hydrogens is 281 g/mol. The number of ether oxygens (including phenoxy) is 1. The molecule has 1 fully saturated rings. The minimum atomic E-state index is -0.468. The minimum absolute atomic E-state index is 0.0836. The number of halogens is 2. The summed E-state index contributed by atoms with van der Waals surface area (Å²) in [5.41, 5.74) is 0.411. The van der Waals surface area contributed by atoms with Gasteiger partial charge in [0, 0.05) is 17.5 Å². The highest BCUT2D eigenvalue weighted by molar-refractivity contribution is 6.20. The van der Waals surface area contributed by atoms with Crippen molar-refractivity contribution in [3.05, 3.63) is 29.6 Å². The van der Waals surface area contributed by atoms with Gasteiger partial charge in [0.1, 0.15) is 0 Å². The third-order valence-corrected chi connectivity index (χ3v) is 4.18. The number of carbonyl (C=O) groups is 1. The van der Waals surface area contributed by atoms with Crippen molar-refractivity contribution < 1.29 is 13.9 Å². The van der Waals surface area contributed by atoms with E-state index >= 15 is 0 Å². The number of benzene rings is 1. The van der Waals surface area contributed by atoms with Gasteiger partial charge in [0.25, 0.3) is 5.91 Å². The molecule has 0 spiro atoms. The molecule has 0 heterocycles. The fourth-order valence-corrected chi connectivity index (χ4v) is 2.72. The van der Waals surface area contributed by atoms with Crippen molar-refractivity contribution in [2.24, 2.45) is 5.92 Å². The number of nitrogens with one attached hydrogen (secondary N) is 1. The summed E-state index contributed by atoms with van der Waals surface area (Å²) in [4.78, 5) is 12.0. The SMILES string of the molecule is COc1cc(C(=O)NCC2CCC(Cl)CC2)ccc1F. The standard InChI is InChI=1S/C15H19ClFNO2/c1-20-14-8-11(4-7-13(14)17)15(19)18-9-10-2-5-12(16)6-3-10/h4,7-8,10,12H,2-3,5-6,9H2,1H3,(H,18,19). The fourth-order valence-electron chi connectivity index (χ4n) is 2.47. The van der Waals surface area contributed by atoms with Crippen molar-refractivity contribution in [3.63, 3.8) is 0 Å². The van der Waals surface area contributed by atoms with Crippen LogP contribution in [0.15, 0.2) is 18.2 Å². The van der Waals surface area contributed by atoms with Gasteiger partial charge >= 0.3 is 0 Å². The van der Waals surface area contributed by atoms with Crippen LogP contribution in [-0.4, -0.2) is 24.9 Å². The third-order valence-electron chi connectivity index (χ3n) is 3.74. The van der Waals surface area contributed by atoms with Crippen LogP contribution in [0.1, 0.15) is 36.0 Å². The molecule has 2 rings (SSSR count). The Balaban J connectivity index is 1.88. The molecule has 0 unspecified atom stereocenters. The van der Waals surface area contributed by atoms with Crippen molar-refractivity contribution in [1.29, 1.82) is 0 Å². The molecule has 0 aliphatic heterocycles. The molecule has 1 N–H and O–H groups in total. The van der Waals surface area contributed by atoms with Gasteiger partial charge < -0.3 is 10.1 Å². The van der Waals surface area contributed by atoms with Gasteiger partial charge in [-0.1, -0.05) is 0 Å². The summed E-state index contributed by atoms with van der Waals surface area (Å²) in [6.45, 7) is 0.641. The van der Waals surface area contributed by atoms with Crippen LogP contribution in [0.5, 0.6) is 5.75 Å². The van der Waals surface area contributed by atoms with Gasteiger partial charge in [0.05, 0.1) is 7.11 Å². The Morgan fingerprint density at radius 2 is 2.10 bits per heavy atom. The fraction of sp³-hybridized carbons (Fsp3) is 0.533. The van der Waals surface area contributed by atoms with E-state index in [2.05, 4.69) is 5.32 Å². The highest BCUT2D eigenvalue weighted by Gasteiger charge is 2.20. The predicted octanol–water partition coefficient (Wildman–Crippen LogP) is 3.36. The van der Waals surface area contributed by atoms with E-state index in [9.17, 15) is 9.18 Å². The quantitative estimate of drug-likeness (QED) is 0.866. The predicted molar refractivity (Wildman–Crippen MR) is 76.9 cm³/mol. The van der Waals surface area contributed by atoms with Crippen LogP contribution >= 0.6 is 11.6 Å². The summed E-state index contributed by atoms with van der Waals surface area (Å²) >= 11 is 6.05. The smallest absolute Gasteiger partial charge is 0.251 e. The molecule has 3 nitrogen and oxygen atoms in total. The number of carbonyl (C=O) groups excluding carboxylic acids is 1. The lowest BCUT2D eigenvalue weighted by atomic mass is 9.89. The van der Waals surface area contributed by atoms with E-state index in [1.807, 2.05) is 0 Å². The van der Waals surface area contributed by atoms with E-state index < -0.39 is 5.82 Å². The zero-order valence-corrected chi connectivity index (χ0v) is 12.3. The van der Waals surface area contributed by atoms with Crippen LogP contribution in [0.4, 0.5) is 4.39 Å². The molecule has 1 amide bonds. The van der Waals surface area contributed by atoms with E-state index in [0.29, 0.717) is 18.0 Å². The first-order valence-electron chi connectivity index (χ1n) is 6.86. The second-order valence-electron chi connectivity index (χ2n) is 5.18. The molecule has 1 aromatic carbocycles. The van der Waals surface area contributed by atoms with Gasteiger partial charge in [0.2, 0.25) is 0 Å². The third kappa shape index (κ3) is 3.85. The highest BCUT2D eigenvalue weighted by atomic mass is 35.5. The summed E-state index contributed by atoms with van der Waals surface area (Å²) in [5.74, 6) is -0.0997. The maximum atomic E-state index is 13.3. The van der Waals surface area contributed by atoms with Gasteiger partial charge in [-0.25, -0.2) is 4.39 Å². The summed E-state index contributed by atoms with van der Waals surface area (Å²) in [6.07, 6.45) is 4.10. The Labute approximate surface area is 123 Å². The minimum Gasteiger partial charge on any atom is -0.494 e. The molecule has 0 bridgehead atoms. The lowest BCUT2D eigenvalue weighted by Gasteiger charge is -2.25. The maximum absolute atomic E-state index is 13.3. The van der Waals surface area contributed by atoms with Crippen molar-refractivity contribution in [2.75, 3.05) is 13.7 Å². The van der Waals surface area contributed by atoms with Crippen LogP contribution < -0.4 is 10.1 Å². The van der Waals surface area contributed by atoms with Crippen LogP contribution in [0.2, 0.25) is 0 Å². The number of hydrogen-bond acceptors (Lipinski definition) is 2. The van der Waals surface area contributed by atoms with Crippen LogP contribution in [0.3, 0.4) is 0 Å². The van der Waals surface area contributed by atoms with Crippen LogP contribution in [-0.2, 0) is 0 Å². The highest BCUT2D eigenvalue weighted by Crippen LogP contribution is 2.27. The first kappa shape index (κ1) is 15.1. The average Bonchev–Trinajstić information content (AvgIpc) is 2.47. The Morgan fingerprint density at radius 1 is 1.40 bits per heavy atom. The monoisotopic (exact) mass is 299 g/mol. The molecule has 0 radical (unpaired) electrons. The van der Waals surface area contributed by atoms with Gasteiger partial charge in [-0.05, 0) is 49.8 Å². The molecule has 5 heteroatoms. The van der Waals surface area contributed by atoms with E-state index in [4.69, 9.17) is 16.3 Å². The number of rotatable bonds is 4. The molecule has 1 aliphatic carbocycles. The number of alkyl halides is 1. The van der Waals surface area contributed by atoms with E-state index in [1.165, 1.54) is 25.3 Å². The Morgan fingerprint density at radius 3 is 2.75 bits per heavy atom. The zero-order chi connectivity index (χ0) is 14.5. The average molecular weight is 300 g/mol. The summed E-state index contributed by atoms with van der Waals surface area (Å²) in [7, 11) is 1.38. The lowest BCUT2D eigenvalue weighted by Crippen LogP contribution is -2.31. The van der Waals surface area contributed by atoms with Gasteiger partial charge in [-0.3, -0.25) is 4.79 Å². The number of methoxy groups -OCH3 is 1. The first-order chi connectivity index (χ1) is 9.60. The van der Waals surface area contributed by atoms with E-state index in [1.54, 1.807) is 0 Å². The van der Waals surface area contributed by atoms with Gasteiger partial charge in [-0.2, -0.15) is 0 Å². The van der Waals surface area contributed by atoms with Gasteiger partial charge in [-0.15, -0.1) is 11.6 Å². The second kappa shape index (κ2) is 6.93. The van der Waals surface area contributed by atoms with Crippen molar-refractivity contribution in [3.8, 4) is 5.75 Å². The molecular formula is C15H19ClFNO2. The van der Waals surface area contributed by atoms with Crippen molar-refractivity contribution in [1.82, 2.24) is 5.32 Å². The molecule has 0 atom stereocenters. The van der Waals surface area contributed by atoms with Crippen molar-refractivity contribution in [2.45, 2.75) is 31.1 Å². The van der Waals surface area contributed by atoms with Crippen LogP contribution in [0.25, 0.3) is 0 Å². The molecule has 1 aliphatic rings. The molecule has 20 heavy (non-hydrogen) atoms. The van der Waals surface area contributed by atoms with E-state index in [-0.39, 0.29) is 17.0 Å². The van der Waals surface area contributed by atoms with Crippen molar-refractivity contribution >= 4 is 17.5 Å². The summed E-state index contributed by atoms with van der Waals surface area (Å²) < 4.78 is 18.1. The largest absolute Gasteiger partial charge is 0.494 e. The Kier molecular flexibility index (Phi) is 5.24. The van der Waals surface area contributed by atoms with Gasteiger partial charge in [0.15, 0.2) is 11.6 Å². The molecule has 110 valence electrons. The zero-order valence-electron chi connectivity index (χ0n) is 11.5. The Bertz CT molecular complexity index is 473. The van der Waals surface area contributed by atoms with E-state index in [0.717, 1.165) is 25.7 Å². The lowest BCUT2D eigenvalue weighted by molar-refractivity contribution is 0.0943. The second-order valence-corrected chi connectivity index (χ2v) is 5.79. The number of amides is 1. The topological polar surface area (TPSA) is 38.3 Å². The Hall–Kier alpha value is -1.29. The first-order valence-corrected chi connectivity index (χ1v) is 7.29. The molecule has 0 aromatic heterocycles. The normalized spacial score (nSPS) is 22.4. The summed E-state index contributed by atoms with van der Waals surface area (Å²) in [5, 5.41) is 3.18. The maximum Gasteiger partial charge on any atom is 0.251 e. The molecule has 1 saturated carbocycles. The summed E-state index contributed by atoms with van der Waals surface area (Å²) in [6, 6.07) is 4.12.